The third kappa shape index (κ3) is 4.36. The van der Waals surface area contributed by atoms with E-state index in [9.17, 15) is 23.9 Å². The average molecular weight is 405 g/mol. The van der Waals surface area contributed by atoms with Crippen molar-refractivity contribution in [1.29, 1.82) is 0 Å². The molecule has 9 nitrogen and oxygen atoms in total. The first-order chi connectivity index (χ1) is 13.3. The summed E-state index contributed by atoms with van der Waals surface area (Å²) in [7, 11) is 0. The van der Waals surface area contributed by atoms with Crippen LogP contribution in [0.1, 0.15) is 12.5 Å². The van der Waals surface area contributed by atoms with Crippen LogP contribution in [0, 0.1) is 5.82 Å². The molecule has 1 atom stereocenters. The summed E-state index contributed by atoms with van der Waals surface area (Å²) in [6, 6.07) is 4.71. The molecule has 3 rings (SSSR count). The second-order valence-electron chi connectivity index (χ2n) is 5.91. The minimum Gasteiger partial charge on any atom is -0.480 e. The van der Waals surface area contributed by atoms with Crippen molar-refractivity contribution in [2.45, 2.75) is 24.7 Å². The van der Waals surface area contributed by atoms with Crippen LogP contribution in [0.15, 0.2) is 40.5 Å². The van der Waals surface area contributed by atoms with Gasteiger partial charge >= 0.3 is 5.97 Å². The fourth-order valence-corrected chi connectivity index (χ4v) is 3.54. The number of carboxylic acids is 1. The Morgan fingerprint density at radius 2 is 2.07 bits per heavy atom. The van der Waals surface area contributed by atoms with Crippen LogP contribution in [0.4, 0.5) is 4.39 Å². The first-order valence-electron chi connectivity index (χ1n) is 8.16. The van der Waals surface area contributed by atoms with Gasteiger partial charge in [-0.3, -0.25) is 14.2 Å². The molecule has 1 unspecified atom stereocenters. The van der Waals surface area contributed by atoms with Crippen LogP contribution >= 0.6 is 11.8 Å². The van der Waals surface area contributed by atoms with Crippen LogP contribution in [-0.2, 0) is 16.1 Å². The van der Waals surface area contributed by atoms with Gasteiger partial charge in [-0.2, -0.15) is 0 Å². The maximum Gasteiger partial charge on any atom is 0.327 e. The topological polar surface area (TPSA) is 130 Å². The highest BCUT2D eigenvalue weighted by Gasteiger charge is 2.22. The van der Waals surface area contributed by atoms with Crippen molar-refractivity contribution in [3.8, 4) is 0 Å². The number of H-pyrrole nitrogens is 1. The van der Waals surface area contributed by atoms with Crippen molar-refractivity contribution in [1.82, 2.24) is 24.8 Å². The molecular weight excluding hydrogens is 389 g/mol. The van der Waals surface area contributed by atoms with Crippen LogP contribution in [0.2, 0.25) is 0 Å². The molecule has 3 aromatic rings. The lowest BCUT2D eigenvalue weighted by Crippen LogP contribution is -2.41. The SMILES string of the molecule is CC(=O)NC(CSc1nc2c(=O)[nH]cnc2n1Cc1ccc(F)cc1)C(=O)O. The summed E-state index contributed by atoms with van der Waals surface area (Å²) in [4.78, 5) is 45.5. The molecular formula is C17H16FN5O4S. The number of fused-ring (bicyclic) bond motifs is 1. The molecule has 0 radical (unpaired) electrons. The number of benzene rings is 1. The highest BCUT2D eigenvalue weighted by atomic mass is 32.2. The second-order valence-corrected chi connectivity index (χ2v) is 6.90. The summed E-state index contributed by atoms with van der Waals surface area (Å²) in [6.45, 7) is 1.49. The molecule has 0 saturated carbocycles. The van der Waals surface area contributed by atoms with Gasteiger partial charge in [-0.1, -0.05) is 23.9 Å². The number of nitrogens with one attached hydrogen (secondary N) is 2. The smallest absolute Gasteiger partial charge is 0.327 e. The zero-order valence-electron chi connectivity index (χ0n) is 14.7. The third-order valence-corrected chi connectivity index (χ3v) is 4.88. The third-order valence-electron chi connectivity index (χ3n) is 3.81. The number of rotatable bonds is 7. The predicted octanol–water partition coefficient (Wildman–Crippen LogP) is 0.988. The number of thioether (sulfide) groups is 1. The summed E-state index contributed by atoms with van der Waals surface area (Å²) in [5.74, 6) is -2.02. The van der Waals surface area contributed by atoms with Gasteiger partial charge in [0.25, 0.3) is 5.56 Å². The molecule has 2 aromatic heterocycles. The largest absolute Gasteiger partial charge is 0.480 e. The minimum atomic E-state index is -1.18. The van der Waals surface area contributed by atoms with Gasteiger partial charge in [-0.25, -0.2) is 19.2 Å². The molecule has 11 heteroatoms. The monoisotopic (exact) mass is 405 g/mol. The lowest BCUT2D eigenvalue weighted by molar-refractivity contribution is -0.140. The van der Waals surface area contributed by atoms with Crippen molar-refractivity contribution in [3.63, 3.8) is 0 Å². The van der Waals surface area contributed by atoms with E-state index in [-0.39, 0.29) is 23.6 Å². The van der Waals surface area contributed by atoms with Crippen molar-refractivity contribution < 1.29 is 19.1 Å². The molecule has 0 aliphatic rings. The number of hydrogen-bond donors (Lipinski definition) is 3. The number of aromatic nitrogens is 4. The van der Waals surface area contributed by atoms with Crippen molar-refractivity contribution in [2.75, 3.05) is 5.75 Å². The minimum absolute atomic E-state index is 0.000439. The molecule has 0 aliphatic heterocycles. The van der Waals surface area contributed by atoms with Gasteiger partial charge in [0.1, 0.15) is 11.9 Å². The molecule has 3 N–H and O–H groups in total. The molecule has 0 spiro atoms. The normalized spacial score (nSPS) is 12.1. The number of carboxylic acid groups (broad SMARTS) is 1. The number of hydrogen-bond acceptors (Lipinski definition) is 6. The summed E-state index contributed by atoms with van der Waals surface area (Å²) in [5.41, 5.74) is 0.753. The van der Waals surface area contributed by atoms with Crippen LogP contribution in [0.25, 0.3) is 11.2 Å². The Labute approximate surface area is 162 Å². The number of carbonyl (C=O) groups excluding carboxylic acids is 1. The Morgan fingerprint density at radius 3 is 2.71 bits per heavy atom. The predicted molar refractivity (Wildman–Crippen MR) is 99.6 cm³/mol. The maximum absolute atomic E-state index is 13.2. The van der Waals surface area contributed by atoms with Gasteiger partial charge in [-0.15, -0.1) is 0 Å². The second kappa shape index (κ2) is 8.21. The zero-order valence-corrected chi connectivity index (χ0v) is 15.5. The summed E-state index contributed by atoms with van der Waals surface area (Å²) in [5, 5.41) is 12.0. The van der Waals surface area contributed by atoms with E-state index in [4.69, 9.17) is 0 Å². The first kappa shape index (κ1) is 19.5. The molecule has 2 heterocycles. The van der Waals surface area contributed by atoms with Crippen molar-refractivity contribution >= 4 is 34.8 Å². The van der Waals surface area contributed by atoms with Crippen LogP contribution in [-0.4, -0.2) is 48.3 Å². The molecule has 1 amide bonds. The Hall–Kier alpha value is -3.21. The number of aromatic amines is 1. The standard InChI is InChI=1S/C17H16FN5O4S/c1-9(24)21-12(16(26)27)7-28-17-22-13-14(19-8-20-15(13)25)23(17)6-10-2-4-11(18)5-3-10/h2-5,8,12H,6-7H2,1H3,(H,21,24)(H,26,27)(H,19,20,25). The molecule has 0 saturated heterocycles. The van der Waals surface area contributed by atoms with Crippen molar-refractivity contribution in [3.05, 3.63) is 52.3 Å². The highest BCUT2D eigenvalue weighted by Crippen LogP contribution is 2.23. The van der Waals surface area contributed by atoms with Crippen LogP contribution in [0.3, 0.4) is 0 Å². The first-order valence-corrected chi connectivity index (χ1v) is 9.15. The van der Waals surface area contributed by atoms with E-state index in [1.54, 1.807) is 16.7 Å². The lowest BCUT2D eigenvalue weighted by atomic mass is 10.2. The van der Waals surface area contributed by atoms with E-state index in [0.29, 0.717) is 10.8 Å². The van der Waals surface area contributed by atoms with E-state index in [0.717, 1.165) is 17.3 Å². The van der Waals surface area contributed by atoms with Gasteiger partial charge in [0.15, 0.2) is 16.3 Å². The Kier molecular flexibility index (Phi) is 5.73. The molecule has 0 fully saturated rings. The number of aliphatic carboxylic acids is 1. The lowest BCUT2D eigenvalue weighted by Gasteiger charge is -2.13. The maximum atomic E-state index is 13.2. The van der Waals surface area contributed by atoms with Crippen LogP contribution in [0.5, 0.6) is 0 Å². The summed E-state index contributed by atoms with van der Waals surface area (Å²) < 4.78 is 14.8. The molecule has 146 valence electrons. The zero-order chi connectivity index (χ0) is 20.3. The number of amides is 1. The Morgan fingerprint density at radius 1 is 1.36 bits per heavy atom. The quantitative estimate of drug-likeness (QED) is 0.500. The number of carbonyl (C=O) groups is 2. The van der Waals surface area contributed by atoms with Crippen LogP contribution < -0.4 is 10.9 Å². The number of nitrogens with zero attached hydrogens (tertiary/aromatic N) is 3. The molecule has 0 aliphatic carbocycles. The average Bonchev–Trinajstić information content (AvgIpc) is 2.99. The van der Waals surface area contributed by atoms with Crippen molar-refractivity contribution in [2.24, 2.45) is 0 Å². The summed E-state index contributed by atoms with van der Waals surface area (Å²) in [6.07, 6.45) is 1.25. The van der Waals surface area contributed by atoms with E-state index < -0.39 is 23.5 Å². The van der Waals surface area contributed by atoms with Gasteiger partial charge in [-0.05, 0) is 17.7 Å². The number of imidazole rings is 1. The Balaban J connectivity index is 1.95. The fraction of sp³-hybridized carbons (Fsp3) is 0.235. The van der Waals surface area contributed by atoms with Gasteiger partial charge in [0.05, 0.1) is 12.9 Å². The highest BCUT2D eigenvalue weighted by molar-refractivity contribution is 7.99. The Bertz CT molecular complexity index is 1080. The summed E-state index contributed by atoms with van der Waals surface area (Å²) >= 11 is 1.07. The van der Waals surface area contributed by atoms with Gasteiger partial charge < -0.3 is 15.4 Å². The molecule has 0 bridgehead atoms. The van der Waals surface area contributed by atoms with E-state index in [1.807, 2.05) is 0 Å². The van der Waals surface area contributed by atoms with E-state index in [1.165, 1.54) is 25.4 Å². The number of halogens is 1. The van der Waals surface area contributed by atoms with E-state index in [2.05, 4.69) is 20.3 Å². The molecule has 28 heavy (non-hydrogen) atoms. The van der Waals surface area contributed by atoms with Gasteiger partial charge in [0.2, 0.25) is 5.91 Å². The fourth-order valence-electron chi connectivity index (χ4n) is 2.53. The van der Waals surface area contributed by atoms with E-state index >= 15 is 0 Å². The van der Waals surface area contributed by atoms with Gasteiger partial charge in [0, 0.05) is 12.7 Å². The molecule has 1 aromatic carbocycles.